The van der Waals surface area contributed by atoms with Crippen molar-refractivity contribution in [3.63, 3.8) is 0 Å². The smallest absolute Gasteiger partial charge is 0.408 e. The molecule has 0 spiro atoms. The van der Waals surface area contributed by atoms with Gasteiger partial charge in [-0.25, -0.2) is 9.78 Å². The quantitative estimate of drug-likeness (QED) is 0.510. The molecular weight excluding hydrogens is 368 g/mol. The molecule has 0 fully saturated rings. The van der Waals surface area contributed by atoms with Gasteiger partial charge in [0, 0.05) is 39.0 Å². The Kier molecular flexibility index (Phi) is 7.11. The number of carbonyl (C=O) groups is 1. The van der Waals surface area contributed by atoms with Gasteiger partial charge in [-0.2, -0.15) is 0 Å². The van der Waals surface area contributed by atoms with E-state index in [-0.39, 0.29) is 0 Å². The van der Waals surface area contributed by atoms with Gasteiger partial charge in [-0.05, 0) is 53.2 Å². The molecule has 0 bridgehead atoms. The van der Waals surface area contributed by atoms with E-state index in [2.05, 4.69) is 38.9 Å². The van der Waals surface area contributed by atoms with E-state index in [1.807, 2.05) is 57.5 Å². The minimum absolute atomic E-state index is 0.436. The number of amides is 1. The van der Waals surface area contributed by atoms with E-state index in [1.165, 1.54) is 0 Å². The highest BCUT2D eigenvalue weighted by atomic mass is 16.6. The Balaban J connectivity index is 1.81. The van der Waals surface area contributed by atoms with Gasteiger partial charge in [0.05, 0.1) is 11.2 Å². The van der Waals surface area contributed by atoms with Crippen molar-refractivity contribution in [1.29, 1.82) is 0 Å². The lowest BCUT2D eigenvalue weighted by molar-refractivity contribution is 0.0474. The first kappa shape index (κ1) is 22.5. The van der Waals surface area contributed by atoms with Gasteiger partial charge in [-0.15, -0.1) is 0 Å². The Bertz CT molecular complexity index is 864. The molecule has 2 rings (SSSR count). The summed E-state index contributed by atoms with van der Waals surface area (Å²) in [5.74, 6) is 0.670. The first-order valence-corrected chi connectivity index (χ1v) is 9.88. The number of hydrogen-bond donors (Lipinski definition) is 3. The zero-order chi connectivity index (χ0) is 21.7. The van der Waals surface area contributed by atoms with E-state index >= 15 is 0 Å². The zero-order valence-electron chi connectivity index (χ0n) is 18.6. The van der Waals surface area contributed by atoms with Gasteiger partial charge >= 0.3 is 6.09 Å². The number of aromatic nitrogens is 2. The van der Waals surface area contributed by atoms with Crippen LogP contribution >= 0.6 is 0 Å². The summed E-state index contributed by atoms with van der Waals surface area (Å²) in [4.78, 5) is 20.9. The van der Waals surface area contributed by atoms with Gasteiger partial charge in [0.1, 0.15) is 11.2 Å². The average molecular weight is 403 g/mol. The molecule has 0 saturated carbocycles. The maximum absolute atomic E-state index is 12.0. The van der Waals surface area contributed by atoms with Crippen LogP contribution in [0.4, 0.5) is 4.79 Å². The van der Waals surface area contributed by atoms with Gasteiger partial charge in [0.15, 0.2) is 5.96 Å². The molecule has 3 N–H and O–H groups in total. The monoisotopic (exact) mass is 402 g/mol. The van der Waals surface area contributed by atoms with Crippen molar-refractivity contribution in [3.8, 4) is 0 Å². The fraction of sp³-hybridized carbons (Fsp3) is 0.571. The highest BCUT2D eigenvalue weighted by molar-refractivity contribution is 5.79. The highest BCUT2D eigenvalue weighted by Gasteiger charge is 2.24. The van der Waals surface area contributed by atoms with Crippen molar-refractivity contribution < 1.29 is 9.53 Å². The number of aliphatic imine (C=N–C) groups is 1. The zero-order valence-corrected chi connectivity index (χ0v) is 18.6. The highest BCUT2D eigenvalue weighted by Crippen LogP contribution is 2.10. The minimum Gasteiger partial charge on any atom is -0.444 e. The molecule has 0 atom stereocenters. The van der Waals surface area contributed by atoms with Crippen molar-refractivity contribution in [2.24, 2.45) is 4.99 Å². The van der Waals surface area contributed by atoms with Crippen LogP contribution in [0.2, 0.25) is 0 Å². The van der Waals surface area contributed by atoms with E-state index in [9.17, 15) is 4.79 Å². The van der Waals surface area contributed by atoms with Crippen LogP contribution in [-0.4, -0.2) is 52.7 Å². The molecule has 2 heterocycles. The van der Waals surface area contributed by atoms with Gasteiger partial charge < -0.3 is 25.1 Å². The maximum Gasteiger partial charge on any atom is 0.408 e. The lowest BCUT2D eigenvalue weighted by Gasteiger charge is -2.29. The molecule has 2 aromatic heterocycles. The fourth-order valence-corrected chi connectivity index (χ4v) is 2.78. The fourth-order valence-electron chi connectivity index (χ4n) is 2.78. The number of nitrogens with one attached hydrogen (secondary N) is 3. The number of alkyl carbamates (subject to hydrolysis) is 1. The molecular formula is C21H34N6O2. The van der Waals surface area contributed by atoms with E-state index in [4.69, 9.17) is 4.74 Å². The van der Waals surface area contributed by atoms with Crippen LogP contribution in [-0.2, 0) is 11.2 Å². The number of imidazole rings is 1. The van der Waals surface area contributed by atoms with Crippen molar-refractivity contribution in [3.05, 3.63) is 35.8 Å². The Morgan fingerprint density at radius 1 is 1.24 bits per heavy atom. The number of guanidine groups is 1. The van der Waals surface area contributed by atoms with E-state index in [0.717, 1.165) is 23.3 Å². The number of carbonyl (C=O) groups excluding carboxylic acids is 1. The topological polar surface area (TPSA) is 92.0 Å². The predicted molar refractivity (Wildman–Crippen MR) is 116 cm³/mol. The third-order valence-electron chi connectivity index (χ3n) is 4.16. The molecule has 0 aliphatic rings. The number of aryl methyl sites for hydroxylation is 1. The van der Waals surface area contributed by atoms with Gasteiger partial charge in [0.2, 0.25) is 0 Å². The summed E-state index contributed by atoms with van der Waals surface area (Å²) in [7, 11) is 1.72. The first-order chi connectivity index (χ1) is 13.5. The third kappa shape index (κ3) is 7.29. The molecule has 160 valence electrons. The summed E-state index contributed by atoms with van der Waals surface area (Å²) in [5, 5.41) is 9.40. The first-order valence-electron chi connectivity index (χ1n) is 9.88. The normalized spacial score (nSPS) is 12.7. The largest absolute Gasteiger partial charge is 0.444 e. The molecule has 0 aliphatic carbocycles. The van der Waals surface area contributed by atoms with Crippen LogP contribution in [0.25, 0.3) is 5.65 Å². The van der Waals surface area contributed by atoms with Crippen LogP contribution in [0.15, 0.2) is 29.5 Å². The Hall–Kier alpha value is -2.77. The number of nitrogens with zero attached hydrogens (tertiary/aromatic N) is 3. The van der Waals surface area contributed by atoms with Gasteiger partial charge in [0.25, 0.3) is 0 Å². The van der Waals surface area contributed by atoms with Crippen LogP contribution < -0.4 is 16.0 Å². The summed E-state index contributed by atoms with van der Waals surface area (Å²) >= 11 is 0. The maximum atomic E-state index is 12.0. The number of rotatable bonds is 6. The molecule has 1 amide bonds. The van der Waals surface area contributed by atoms with Crippen LogP contribution in [0.5, 0.6) is 0 Å². The van der Waals surface area contributed by atoms with E-state index in [1.54, 1.807) is 7.05 Å². The molecule has 29 heavy (non-hydrogen) atoms. The SMILES string of the molecule is CN=C(NCCc1cn2cccc(C)c2n1)NCC(C)(C)NC(=O)OC(C)(C)C. The van der Waals surface area contributed by atoms with E-state index in [0.29, 0.717) is 19.0 Å². The summed E-state index contributed by atoms with van der Waals surface area (Å²) in [6.07, 6.45) is 4.40. The van der Waals surface area contributed by atoms with Crippen LogP contribution in [0.3, 0.4) is 0 Å². The second kappa shape index (κ2) is 9.15. The van der Waals surface area contributed by atoms with Gasteiger partial charge in [-0.3, -0.25) is 4.99 Å². The minimum atomic E-state index is -0.526. The lowest BCUT2D eigenvalue weighted by Crippen LogP contribution is -2.54. The summed E-state index contributed by atoms with van der Waals surface area (Å²) < 4.78 is 7.37. The standard InChI is InChI=1S/C21H34N6O2/c1-15-9-8-12-27-13-16(25-17(15)27)10-11-23-18(22-7)24-14-21(5,6)26-19(28)29-20(2,3)4/h8-9,12-13H,10-11,14H2,1-7H3,(H,26,28)(H2,22,23,24). The van der Waals surface area contributed by atoms with E-state index < -0.39 is 17.2 Å². The van der Waals surface area contributed by atoms with Crippen molar-refractivity contribution >= 4 is 17.7 Å². The molecule has 8 nitrogen and oxygen atoms in total. The average Bonchev–Trinajstić information content (AvgIpc) is 3.00. The molecule has 8 heteroatoms. The van der Waals surface area contributed by atoms with Gasteiger partial charge in [-0.1, -0.05) is 6.07 Å². The predicted octanol–water partition coefficient (Wildman–Crippen LogP) is 2.65. The Labute approximate surface area is 173 Å². The Morgan fingerprint density at radius 3 is 2.59 bits per heavy atom. The van der Waals surface area contributed by atoms with Crippen molar-refractivity contribution in [1.82, 2.24) is 25.3 Å². The molecule has 0 radical (unpaired) electrons. The number of ether oxygens (including phenoxy) is 1. The molecule has 2 aromatic rings. The Morgan fingerprint density at radius 2 is 1.97 bits per heavy atom. The molecule has 0 aliphatic heterocycles. The van der Waals surface area contributed by atoms with Crippen molar-refractivity contribution in [2.45, 2.75) is 59.1 Å². The number of pyridine rings is 1. The van der Waals surface area contributed by atoms with Crippen LogP contribution in [0.1, 0.15) is 45.9 Å². The molecule has 0 saturated heterocycles. The summed E-state index contributed by atoms with van der Waals surface area (Å²) in [6, 6.07) is 4.08. The molecule has 0 aromatic carbocycles. The number of hydrogen-bond acceptors (Lipinski definition) is 4. The number of fused-ring (bicyclic) bond motifs is 1. The summed E-state index contributed by atoms with van der Waals surface area (Å²) in [5.41, 5.74) is 2.14. The molecule has 0 unspecified atom stereocenters. The van der Waals surface area contributed by atoms with Crippen LogP contribution in [0, 0.1) is 6.92 Å². The second-order valence-corrected chi connectivity index (χ2v) is 8.77. The summed E-state index contributed by atoms with van der Waals surface area (Å²) in [6.45, 7) is 12.6. The third-order valence-corrected chi connectivity index (χ3v) is 4.16. The van der Waals surface area contributed by atoms with Crippen molar-refractivity contribution in [2.75, 3.05) is 20.1 Å². The second-order valence-electron chi connectivity index (χ2n) is 8.77. The lowest BCUT2D eigenvalue weighted by atomic mass is 10.1.